The summed E-state index contributed by atoms with van der Waals surface area (Å²) >= 11 is 0. The van der Waals surface area contributed by atoms with Crippen molar-refractivity contribution in [2.45, 2.75) is 6.42 Å². The van der Waals surface area contributed by atoms with Gasteiger partial charge in [-0.1, -0.05) is 24.3 Å². The molecule has 0 saturated carbocycles. The number of hydrogen-bond acceptors (Lipinski definition) is 6. The van der Waals surface area contributed by atoms with E-state index in [9.17, 15) is 13.2 Å². The average molecular weight is 311 g/mol. The van der Waals surface area contributed by atoms with Gasteiger partial charge in [-0.3, -0.25) is 4.55 Å². The van der Waals surface area contributed by atoms with Crippen molar-refractivity contribution in [3.05, 3.63) is 42.1 Å². The van der Waals surface area contributed by atoms with Crippen molar-refractivity contribution in [2.24, 2.45) is 0 Å². The van der Waals surface area contributed by atoms with Crippen LogP contribution in [0.1, 0.15) is 16.9 Å². The molecule has 1 heterocycles. The van der Waals surface area contributed by atoms with Gasteiger partial charge in [-0.15, -0.1) is 0 Å². The Morgan fingerprint density at radius 3 is 2.67 bits per heavy atom. The molecule has 0 saturated heterocycles. The van der Waals surface area contributed by atoms with Crippen LogP contribution in [0.15, 0.2) is 36.4 Å². The van der Waals surface area contributed by atoms with Crippen LogP contribution in [0.4, 0.5) is 0 Å². The molecule has 2 aromatic rings. The van der Waals surface area contributed by atoms with Crippen LogP contribution in [0, 0.1) is 0 Å². The van der Waals surface area contributed by atoms with Crippen molar-refractivity contribution >= 4 is 27.3 Å². The number of esters is 1. The average Bonchev–Trinajstić information content (AvgIpc) is 2.45. The van der Waals surface area contributed by atoms with E-state index in [0.717, 1.165) is 5.39 Å². The lowest BCUT2D eigenvalue weighted by molar-refractivity contribution is 0.0479. The van der Waals surface area contributed by atoms with Gasteiger partial charge in [-0.25, -0.2) is 14.0 Å². The summed E-state index contributed by atoms with van der Waals surface area (Å²) in [6, 6.07) is 10.7. The standard InChI is InChI=1S/C13H13NO6S/c15-13(19-8-3-9-20-21(16,17)18)12-7-6-10-4-1-2-5-11(10)14-12/h1-2,4-7H,3,8-9H2,(H,16,17,18). The Morgan fingerprint density at radius 1 is 1.14 bits per heavy atom. The zero-order valence-corrected chi connectivity index (χ0v) is 11.7. The SMILES string of the molecule is O=C(OCCCOS(=O)(=O)O)c1ccc2ccccc2n1. The van der Waals surface area contributed by atoms with Gasteiger partial charge in [0.25, 0.3) is 0 Å². The van der Waals surface area contributed by atoms with Crippen LogP contribution in [0.2, 0.25) is 0 Å². The maximum atomic E-state index is 11.8. The molecule has 112 valence electrons. The minimum atomic E-state index is -4.45. The van der Waals surface area contributed by atoms with E-state index in [1.165, 1.54) is 0 Å². The van der Waals surface area contributed by atoms with E-state index in [4.69, 9.17) is 9.29 Å². The van der Waals surface area contributed by atoms with Crippen LogP contribution < -0.4 is 0 Å². The van der Waals surface area contributed by atoms with E-state index in [-0.39, 0.29) is 25.3 Å². The first kappa shape index (κ1) is 15.4. The molecule has 0 aliphatic rings. The number of aromatic nitrogens is 1. The van der Waals surface area contributed by atoms with Gasteiger partial charge >= 0.3 is 16.4 Å². The Hall–Kier alpha value is -2.03. The van der Waals surface area contributed by atoms with Gasteiger partial charge in [-0.05, 0) is 12.1 Å². The zero-order valence-electron chi connectivity index (χ0n) is 10.9. The van der Waals surface area contributed by atoms with Crippen LogP contribution in [0.5, 0.6) is 0 Å². The predicted octanol–water partition coefficient (Wildman–Crippen LogP) is 1.60. The maximum Gasteiger partial charge on any atom is 0.397 e. The number of hydrogen-bond donors (Lipinski definition) is 1. The largest absolute Gasteiger partial charge is 0.461 e. The van der Waals surface area contributed by atoms with Crippen LogP contribution >= 0.6 is 0 Å². The first-order valence-corrected chi connectivity index (χ1v) is 7.47. The molecule has 7 nitrogen and oxygen atoms in total. The fraction of sp³-hybridized carbons (Fsp3) is 0.231. The molecule has 0 radical (unpaired) electrons. The number of carbonyl (C=O) groups excluding carboxylic acids is 1. The van der Waals surface area contributed by atoms with Crippen molar-refractivity contribution in [3.63, 3.8) is 0 Å². The topological polar surface area (TPSA) is 103 Å². The molecule has 21 heavy (non-hydrogen) atoms. The minimum absolute atomic E-state index is 0.0388. The second-order valence-electron chi connectivity index (χ2n) is 4.13. The van der Waals surface area contributed by atoms with Gasteiger partial charge in [0, 0.05) is 11.8 Å². The monoisotopic (exact) mass is 311 g/mol. The highest BCUT2D eigenvalue weighted by Crippen LogP contribution is 2.12. The van der Waals surface area contributed by atoms with E-state index in [1.807, 2.05) is 18.2 Å². The molecule has 0 aliphatic carbocycles. The second kappa shape index (κ2) is 6.61. The Bertz CT molecular complexity index is 743. The summed E-state index contributed by atoms with van der Waals surface area (Å²) in [5.74, 6) is -0.604. The van der Waals surface area contributed by atoms with Crippen LogP contribution in [0.3, 0.4) is 0 Å². The molecule has 0 atom stereocenters. The second-order valence-corrected chi connectivity index (χ2v) is 5.22. The molecule has 0 amide bonds. The third-order valence-electron chi connectivity index (χ3n) is 2.56. The molecule has 0 unspecified atom stereocenters. The van der Waals surface area contributed by atoms with Gasteiger partial charge in [0.05, 0.1) is 18.7 Å². The lowest BCUT2D eigenvalue weighted by Crippen LogP contribution is -2.11. The molecule has 1 N–H and O–H groups in total. The maximum absolute atomic E-state index is 11.8. The Balaban J connectivity index is 1.87. The van der Waals surface area contributed by atoms with Gasteiger partial charge < -0.3 is 4.74 Å². The van der Waals surface area contributed by atoms with Crippen molar-refractivity contribution in [2.75, 3.05) is 13.2 Å². The predicted molar refractivity (Wildman–Crippen MR) is 74.1 cm³/mol. The van der Waals surface area contributed by atoms with E-state index in [1.54, 1.807) is 18.2 Å². The van der Waals surface area contributed by atoms with Crippen molar-refractivity contribution in [3.8, 4) is 0 Å². The normalized spacial score (nSPS) is 11.5. The van der Waals surface area contributed by atoms with Gasteiger partial charge in [0.1, 0.15) is 5.69 Å². The highest BCUT2D eigenvalue weighted by molar-refractivity contribution is 7.80. The number of pyridine rings is 1. The Morgan fingerprint density at radius 2 is 1.90 bits per heavy atom. The summed E-state index contributed by atoms with van der Waals surface area (Å²) in [4.78, 5) is 15.9. The highest BCUT2D eigenvalue weighted by atomic mass is 32.3. The molecule has 0 bridgehead atoms. The minimum Gasteiger partial charge on any atom is -0.461 e. The van der Waals surface area contributed by atoms with Gasteiger partial charge in [0.2, 0.25) is 0 Å². The molecule has 0 fully saturated rings. The molecule has 0 spiro atoms. The molecule has 1 aromatic carbocycles. The van der Waals surface area contributed by atoms with Crippen LogP contribution in [-0.2, 0) is 19.3 Å². The fourth-order valence-electron chi connectivity index (χ4n) is 1.64. The summed E-state index contributed by atoms with van der Waals surface area (Å²) in [5, 5.41) is 0.913. The summed E-state index contributed by atoms with van der Waals surface area (Å²) in [6.45, 7) is -0.305. The molecule has 0 aliphatic heterocycles. The summed E-state index contributed by atoms with van der Waals surface area (Å²) in [5.41, 5.74) is 0.853. The molecule has 1 aromatic heterocycles. The van der Waals surface area contributed by atoms with E-state index in [0.29, 0.717) is 5.52 Å². The number of carbonyl (C=O) groups is 1. The van der Waals surface area contributed by atoms with E-state index in [2.05, 4.69) is 9.17 Å². The number of fused-ring (bicyclic) bond motifs is 1. The van der Waals surface area contributed by atoms with E-state index < -0.39 is 16.4 Å². The highest BCUT2D eigenvalue weighted by Gasteiger charge is 2.10. The zero-order chi connectivity index (χ0) is 15.3. The van der Waals surface area contributed by atoms with Crippen LogP contribution in [0.25, 0.3) is 10.9 Å². The van der Waals surface area contributed by atoms with Crippen molar-refractivity contribution in [1.29, 1.82) is 0 Å². The quantitative estimate of drug-likeness (QED) is 0.491. The molecular weight excluding hydrogens is 298 g/mol. The first-order chi connectivity index (χ1) is 9.96. The van der Waals surface area contributed by atoms with Crippen molar-refractivity contribution < 1.29 is 26.7 Å². The van der Waals surface area contributed by atoms with Gasteiger partial charge in [-0.2, -0.15) is 8.42 Å². The molecule has 8 heteroatoms. The number of para-hydroxylation sites is 1. The number of benzene rings is 1. The summed E-state index contributed by atoms with van der Waals surface area (Å²) in [7, 11) is -4.45. The third-order valence-corrected chi connectivity index (χ3v) is 3.03. The lowest BCUT2D eigenvalue weighted by Gasteiger charge is -2.05. The number of rotatable bonds is 6. The smallest absolute Gasteiger partial charge is 0.397 e. The first-order valence-electron chi connectivity index (χ1n) is 6.10. The summed E-state index contributed by atoms with van der Waals surface area (Å²) < 4.78 is 37.9. The summed E-state index contributed by atoms with van der Waals surface area (Å²) in [6.07, 6.45) is 0.138. The lowest BCUT2D eigenvalue weighted by atomic mass is 10.2. The molecule has 2 rings (SSSR count). The third kappa shape index (κ3) is 4.78. The molecular formula is C13H13NO6S. The van der Waals surface area contributed by atoms with Crippen LogP contribution in [-0.4, -0.2) is 37.1 Å². The number of ether oxygens (including phenoxy) is 1. The van der Waals surface area contributed by atoms with Crippen molar-refractivity contribution in [1.82, 2.24) is 4.98 Å². The fourth-order valence-corrected chi connectivity index (χ4v) is 1.97. The Kier molecular flexibility index (Phi) is 4.84. The Labute approximate surface area is 121 Å². The van der Waals surface area contributed by atoms with E-state index >= 15 is 0 Å². The number of nitrogens with zero attached hydrogens (tertiary/aromatic N) is 1. The van der Waals surface area contributed by atoms with Gasteiger partial charge in [0.15, 0.2) is 0 Å².